The number of nitrogens with two attached hydrogens (primary N) is 1. The zero-order chi connectivity index (χ0) is 8.39. The fraction of sp³-hybridized carbons (Fsp3) is 1.00. The number of morpholine rings is 1. The largest absolute Gasteiger partial charge is 0.379 e. The van der Waals surface area contributed by atoms with Crippen molar-refractivity contribution in [3.05, 3.63) is 0 Å². The first-order valence-corrected chi connectivity index (χ1v) is 4.90. The fourth-order valence-electron chi connectivity index (χ4n) is 1.94. The molecule has 0 amide bonds. The molecule has 12 heavy (non-hydrogen) atoms. The van der Waals surface area contributed by atoms with E-state index in [0.29, 0.717) is 0 Å². The van der Waals surface area contributed by atoms with Crippen LogP contribution < -0.4 is 5.73 Å². The predicted molar refractivity (Wildman–Crippen MR) is 47.9 cm³/mol. The summed E-state index contributed by atoms with van der Waals surface area (Å²) >= 11 is 0. The van der Waals surface area contributed by atoms with Crippen LogP contribution >= 0.6 is 0 Å². The van der Waals surface area contributed by atoms with E-state index in [1.165, 1.54) is 13.0 Å². The van der Waals surface area contributed by atoms with Crippen molar-refractivity contribution < 1.29 is 4.74 Å². The van der Waals surface area contributed by atoms with Gasteiger partial charge in [-0.25, -0.2) is 0 Å². The first kappa shape index (κ1) is 8.48. The van der Waals surface area contributed by atoms with Gasteiger partial charge in [-0.1, -0.05) is 0 Å². The van der Waals surface area contributed by atoms with E-state index in [1.807, 2.05) is 0 Å². The quantitative estimate of drug-likeness (QED) is 0.643. The van der Waals surface area contributed by atoms with Crippen LogP contribution in [-0.4, -0.2) is 44.3 Å². The van der Waals surface area contributed by atoms with Crippen LogP contribution in [0.25, 0.3) is 0 Å². The van der Waals surface area contributed by atoms with Gasteiger partial charge in [-0.2, -0.15) is 0 Å². The Hall–Kier alpha value is -0.120. The lowest BCUT2D eigenvalue weighted by molar-refractivity contribution is 0.0352. The van der Waals surface area contributed by atoms with Crippen molar-refractivity contribution in [2.24, 2.45) is 17.6 Å². The lowest BCUT2D eigenvalue weighted by Crippen LogP contribution is -2.37. The van der Waals surface area contributed by atoms with E-state index in [-0.39, 0.29) is 0 Å². The van der Waals surface area contributed by atoms with Crippen LogP contribution in [0.3, 0.4) is 0 Å². The molecule has 2 aliphatic rings. The van der Waals surface area contributed by atoms with Crippen LogP contribution in [0.5, 0.6) is 0 Å². The third-order valence-electron chi connectivity index (χ3n) is 2.97. The second-order valence-corrected chi connectivity index (χ2v) is 3.90. The molecule has 1 saturated heterocycles. The van der Waals surface area contributed by atoms with Crippen molar-refractivity contribution in [1.82, 2.24) is 4.90 Å². The normalized spacial score (nSPS) is 36.8. The molecule has 2 rings (SSSR count). The van der Waals surface area contributed by atoms with E-state index in [1.54, 1.807) is 0 Å². The summed E-state index contributed by atoms with van der Waals surface area (Å²) in [5.74, 6) is 1.72. The van der Waals surface area contributed by atoms with Crippen molar-refractivity contribution in [3.8, 4) is 0 Å². The van der Waals surface area contributed by atoms with Crippen molar-refractivity contribution in [3.63, 3.8) is 0 Å². The lowest BCUT2D eigenvalue weighted by atomic mass is 10.3. The molecule has 3 heteroatoms. The van der Waals surface area contributed by atoms with Crippen molar-refractivity contribution >= 4 is 0 Å². The van der Waals surface area contributed by atoms with Crippen molar-refractivity contribution in [2.75, 3.05) is 39.4 Å². The van der Waals surface area contributed by atoms with Gasteiger partial charge in [0.15, 0.2) is 0 Å². The standard InChI is InChI=1S/C9H18N2O/c10-6-8-5-9(8)7-11-1-3-12-4-2-11/h8-9H,1-7,10H2. The minimum absolute atomic E-state index is 0.827. The highest BCUT2D eigenvalue weighted by Gasteiger charge is 2.36. The molecule has 0 aromatic carbocycles. The van der Waals surface area contributed by atoms with E-state index in [9.17, 15) is 0 Å². The van der Waals surface area contributed by atoms with E-state index in [0.717, 1.165) is 44.7 Å². The Labute approximate surface area is 73.9 Å². The summed E-state index contributed by atoms with van der Waals surface area (Å²) in [6, 6.07) is 0. The molecule has 1 heterocycles. The smallest absolute Gasteiger partial charge is 0.0594 e. The molecular weight excluding hydrogens is 152 g/mol. The molecule has 3 nitrogen and oxygen atoms in total. The maximum Gasteiger partial charge on any atom is 0.0594 e. The van der Waals surface area contributed by atoms with Crippen LogP contribution in [0.2, 0.25) is 0 Å². The molecule has 2 atom stereocenters. The molecule has 2 unspecified atom stereocenters. The SMILES string of the molecule is NCC1CC1CN1CCOCC1. The fourth-order valence-corrected chi connectivity index (χ4v) is 1.94. The lowest BCUT2D eigenvalue weighted by Gasteiger charge is -2.26. The Morgan fingerprint density at radius 1 is 1.25 bits per heavy atom. The van der Waals surface area contributed by atoms with Crippen molar-refractivity contribution in [2.45, 2.75) is 6.42 Å². The average molecular weight is 170 g/mol. The van der Waals surface area contributed by atoms with E-state index in [4.69, 9.17) is 10.5 Å². The molecule has 1 aliphatic carbocycles. The Morgan fingerprint density at radius 2 is 2.00 bits per heavy atom. The van der Waals surface area contributed by atoms with Gasteiger partial charge >= 0.3 is 0 Å². The Balaban J connectivity index is 1.66. The molecule has 70 valence electrons. The summed E-state index contributed by atoms with van der Waals surface area (Å²) in [6.07, 6.45) is 1.36. The molecular formula is C9H18N2O. The van der Waals surface area contributed by atoms with E-state index < -0.39 is 0 Å². The molecule has 1 saturated carbocycles. The number of hydrogen-bond acceptors (Lipinski definition) is 3. The monoisotopic (exact) mass is 170 g/mol. The zero-order valence-electron chi connectivity index (χ0n) is 7.54. The Morgan fingerprint density at radius 3 is 2.58 bits per heavy atom. The Bertz CT molecular complexity index is 145. The highest BCUT2D eigenvalue weighted by atomic mass is 16.5. The summed E-state index contributed by atoms with van der Waals surface area (Å²) in [5.41, 5.74) is 5.59. The topological polar surface area (TPSA) is 38.5 Å². The number of nitrogens with zero attached hydrogens (tertiary/aromatic N) is 1. The van der Waals surface area contributed by atoms with Gasteiger partial charge in [0, 0.05) is 19.6 Å². The van der Waals surface area contributed by atoms with Crippen LogP contribution in [0.1, 0.15) is 6.42 Å². The third kappa shape index (κ3) is 1.97. The highest BCUT2D eigenvalue weighted by Crippen LogP contribution is 2.37. The predicted octanol–water partition coefficient (Wildman–Crippen LogP) is -0.0866. The Kier molecular flexibility index (Phi) is 2.63. The summed E-state index contributed by atoms with van der Waals surface area (Å²) in [6.45, 7) is 6.21. The van der Waals surface area contributed by atoms with Gasteiger partial charge < -0.3 is 10.5 Å². The molecule has 0 bridgehead atoms. The van der Waals surface area contributed by atoms with Crippen molar-refractivity contribution in [1.29, 1.82) is 0 Å². The van der Waals surface area contributed by atoms with Crippen LogP contribution in [0.4, 0.5) is 0 Å². The van der Waals surface area contributed by atoms with Crippen LogP contribution in [0.15, 0.2) is 0 Å². The number of ether oxygens (including phenoxy) is 1. The van der Waals surface area contributed by atoms with E-state index in [2.05, 4.69) is 4.90 Å². The van der Waals surface area contributed by atoms with Gasteiger partial charge in [0.1, 0.15) is 0 Å². The summed E-state index contributed by atoms with van der Waals surface area (Å²) < 4.78 is 5.29. The minimum atomic E-state index is 0.827. The first-order valence-electron chi connectivity index (χ1n) is 4.90. The summed E-state index contributed by atoms with van der Waals surface area (Å²) in [4.78, 5) is 2.50. The second-order valence-electron chi connectivity index (χ2n) is 3.90. The average Bonchev–Trinajstić information content (AvgIpc) is 2.85. The molecule has 0 aromatic heterocycles. The maximum atomic E-state index is 5.59. The van der Waals surface area contributed by atoms with Gasteiger partial charge in [-0.15, -0.1) is 0 Å². The van der Waals surface area contributed by atoms with Gasteiger partial charge in [-0.05, 0) is 24.8 Å². The van der Waals surface area contributed by atoms with Gasteiger partial charge in [0.2, 0.25) is 0 Å². The van der Waals surface area contributed by atoms with Crippen LogP contribution in [0, 0.1) is 11.8 Å². The summed E-state index contributed by atoms with van der Waals surface area (Å²) in [7, 11) is 0. The zero-order valence-corrected chi connectivity index (χ0v) is 7.54. The highest BCUT2D eigenvalue weighted by molar-refractivity contribution is 4.89. The summed E-state index contributed by atoms with van der Waals surface area (Å²) in [5, 5.41) is 0. The number of rotatable bonds is 3. The molecule has 0 spiro atoms. The van der Waals surface area contributed by atoms with E-state index >= 15 is 0 Å². The van der Waals surface area contributed by atoms with Gasteiger partial charge in [-0.3, -0.25) is 4.90 Å². The molecule has 2 fully saturated rings. The van der Waals surface area contributed by atoms with Crippen LogP contribution in [-0.2, 0) is 4.74 Å². The molecule has 1 aliphatic heterocycles. The second kappa shape index (κ2) is 3.73. The molecule has 2 N–H and O–H groups in total. The molecule has 0 aromatic rings. The van der Waals surface area contributed by atoms with Gasteiger partial charge in [0.25, 0.3) is 0 Å². The minimum Gasteiger partial charge on any atom is -0.379 e. The number of hydrogen-bond donors (Lipinski definition) is 1. The first-order chi connectivity index (χ1) is 5.90. The maximum absolute atomic E-state index is 5.59. The third-order valence-corrected chi connectivity index (χ3v) is 2.97. The van der Waals surface area contributed by atoms with Gasteiger partial charge in [0.05, 0.1) is 13.2 Å². The molecule has 0 radical (unpaired) electrons.